The lowest BCUT2D eigenvalue weighted by Crippen LogP contribution is -2.45. The first-order chi connectivity index (χ1) is 13.5. The van der Waals surface area contributed by atoms with Gasteiger partial charge in [0.25, 0.3) is 0 Å². The van der Waals surface area contributed by atoms with Crippen LogP contribution in [0.1, 0.15) is 71.1 Å². The van der Waals surface area contributed by atoms with E-state index in [9.17, 15) is 14.4 Å². The monoisotopic (exact) mass is 399 g/mol. The van der Waals surface area contributed by atoms with E-state index >= 15 is 0 Å². The fourth-order valence-corrected chi connectivity index (χ4v) is 3.76. The number of rotatable bonds is 13. The first kappa shape index (κ1) is 24.4. The van der Waals surface area contributed by atoms with E-state index in [4.69, 9.17) is 14.2 Å². The molecular weight excluding hydrogens is 362 g/mol. The summed E-state index contributed by atoms with van der Waals surface area (Å²) in [7, 11) is 2.59. The molecule has 0 bridgehead atoms. The maximum Gasteiger partial charge on any atom is 0.312 e. The van der Waals surface area contributed by atoms with Crippen LogP contribution in [0, 0.1) is 11.8 Å². The topological polar surface area (TPSA) is 90.9 Å². The van der Waals surface area contributed by atoms with E-state index in [1.54, 1.807) is 0 Å². The van der Waals surface area contributed by atoms with Crippen LogP contribution < -0.4 is 5.32 Å². The summed E-state index contributed by atoms with van der Waals surface area (Å²) in [5.41, 5.74) is 0. The Morgan fingerprint density at radius 1 is 0.893 bits per heavy atom. The molecule has 1 rings (SSSR count). The summed E-state index contributed by atoms with van der Waals surface area (Å²) in [4.78, 5) is 36.2. The fourth-order valence-electron chi connectivity index (χ4n) is 3.76. The molecule has 3 atom stereocenters. The van der Waals surface area contributed by atoms with Gasteiger partial charge in [0.15, 0.2) is 0 Å². The Labute approximate surface area is 168 Å². The average molecular weight is 400 g/mol. The van der Waals surface area contributed by atoms with Gasteiger partial charge < -0.3 is 19.5 Å². The number of amides is 1. The molecule has 1 aliphatic rings. The molecule has 1 N–H and O–H groups in total. The average Bonchev–Trinajstić information content (AvgIpc) is 2.72. The number of esters is 2. The molecule has 1 fully saturated rings. The van der Waals surface area contributed by atoms with E-state index in [2.05, 4.69) is 12.2 Å². The van der Waals surface area contributed by atoms with Crippen LogP contribution in [0.25, 0.3) is 0 Å². The number of hydrogen-bond donors (Lipinski definition) is 1. The number of carbonyl (C=O) groups excluding carboxylic acids is 3. The molecule has 3 unspecified atom stereocenters. The summed E-state index contributed by atoms with van der Waals surface area (Å²) in [6.45, 7) is 2.71. The predicted molar refractivity (Wildman–Crippen MR) is 106 cm³/mol. The van der Waals surface area contributed by atoms with Crippen LogP contribution in [0.3, 0.4) is 0 Å². The van der Waals surface area contributed by atoms with Crippen molar-refractivity contribution in [3.8, 4) is 0 Å². The highest BCUT2D eigenvalue weighted by atomic mass is 16.5. The minimum absolute atomic E-state index is 0.122. The van der Waals surface area contributed by atoms with Crippen LogP contribution in [-0.2, 0) is 28.6 Å². The van der Waals surface area contributed by atoms with Crippen LogP contribution in [0.2, 0.25) is 0 Å². The number of methoxy groups -OCH3 is 2. The summed E-state index contributed by atoms with van der Waals surface area (Å²) in [6, 6.07) is 0. The van der Waals surface area contributed by atoms with Gasteiger partial charge in [-0.15, -0.1) is 0 Å². The molecule has 1 amide bonds. The molecule has 0 aromatic rings. The molecule has 0 aliphatic heterocycles. The molecule has 1 aliphatic carbocycles. The first-order valence-corrected chi connectivity index (χ1v) is 10.6. The van der Waals surface area contributed by atoms with Crippen molar-refractivity contribution in [2.45, 2.75) is 77.2 Å². The van der Waals surface area contributed by atoms with Crippen LogP contribution in [0.4, 0.5) is 0 Å². The van der Waals surface area contributed by atoms with Crippen molar-refractivity contribution in [3.63, 3.8) is 0 Å². The van der Waals surface area contributed by atoms with Crippen molar-refractivity contribution in [1.29, 1.82) is 0 Å². The quantitative estimate of drug-likeness (QED) is 0.378. The summed E-state index contributed by atoms with van der Waals surface area (Å²) in [5.74, 6) is -2.46. The molecule has 7 heteroatoms. The second kappa shape index (κ2) is 14.4. The Hall–Kier alpha value is -1.63. The lowest BCUT2D eigenvalue weighted by atomic mass is 9.77. The minimum Gasteiger partial charge on any atom is -0.469 e. The smallest absolute Gasteiger partial charge is 0.312 e. The molecule has 0 radical (unpaired) electrons. The summed E-state index contributed by atoms with van der Waals surface area (Å²) in [6.07, 6.45) is 9.71. The summed E-state index contributed by atoms with van der Waals surface area (Å²) >= 11 is 0. The SMILES string of the molecule is CCCCCCCCCNC(=O)COC1CCCC(C(=O)OC)C1C(=O)OC. The Kier molecular flexibility index (Phi) is 12.5. The third-order valence-electron chi connectivity index (χ3n) is 5.35. The standard InChI is InChI=1S/C21H37NO6/c1-4-5-6-7-8-9-10-14-22-18(23)15-28-17-13-11-12-16(20(24)26-2)19(17)21(25)27-3/h16-17,19H,4-15H2,1-3H3,(H,22,23). The molecule has 0 saturated heterocycles. The number of ether oxygens (including phenoxy) is 3. The Morgan fingerprint density at radius 2 is 1.54 bits per heavy atom. The molecule has 28 heavy (non-hydrogen) atoms. The minimum atomic E-state index is -0.734. The van der Waals surface area contributed by atoms with Crippen molar-refractivity contribution in [1.82, 2.24) is 5.32 Å². The van der Waals surface area contributed by atoms with E-state index < -0.39 is 29.9 Å². The lowest BCUT2D eigenvalue weighted by molar-refractivity contribution is -0.169. The van der Waals surface area contributed by atoms with Gasteiger partial charge in [0, 0.05) is 6.54 Å². The van der Waals surface area contributed by atoms with Crippen molar-refractivity contribution in [2.24, 2.45) is 11.8 Å². The highest BCUT2D eigenvalue weighted by Crippen LogP contribution is 2.34. The second-order valence-corrected chi connectivity index (χ2v) is 7.43. The Bertz CT molecular complexity index is 482. The zero-order valence-electron chi connectivity index (χ0n) is 17.7. The van der Waals surface area contributed by atoms with Crippen LogP contribution >= 0.6 is 0 Å². The van der Waals surface area contributed by atoms with Crippen molar-refractivity contribution in [2.75, 3.05) is 27.4 Å². The molecule has 0 aromatic carbocycles. The van der Waals surface area contributed by atoms with Gasteiger partial charge in [-0.3, -0.25) is 14.4 Å². The maximum atomic E-state index is 12.2. The van der Waals surface area contributed by atoms with E-state index in [1.807, 2.05) is 0 Å². The maximum absolute atomic E-state index is 12.2. The van der Waals surface area contributed by atoms with Gasteiger partial charge in [0.2, 0.25) is 5.91 Å². The van der Waals surface area contributed by atoms with Gasteiger partial charge in [0.05, 0.1) is 32.2 Å². The highest BCUT2D eigenvalue weighted by molar-refractivity contribution is 5.83. The molecule has 162 valence electrons. The van der Waals surface area contributed by atoms with Crippen LogP contribution in [0.15, 0.2) is 0 Å². The molecular formula is C21H37NO6. The van der Waals surface area contributed by atoms with Crippen LogP contribution in [0.5, 0.6) is 0 Å². The second-order valence-electron chi connectivity index (χ2n) is 7.43. The molecule has 0 aromatic heterocycles. The first-order valence-electron chi connectivity index (χ1n) is 10.6. The molecule has 0 spiro atoms. The van der Waals surface area contributed by atoms with Crippen molar-refractivity contribution in [3.05, 3.63) is 0 Å². The lowest BCUT2D eigenvalue weighted by Gasteiger charge is -2.34. The number of carbonyl (C=O) groups is 3. The molecule has 7 nitrogen and oxygen atoms in total. The molecule has 1 saturated carbocycles. The highest BCUT2D eigenvalue weighted by Gasteiger charge is 2.44. The van der Waals surface area contributed by atoms with Crippen molar-refractivity contribution < 1.29 is 28.6 Å². The number of hydrogen-bond acceptors (Lipinski definition) is 6. The van der Waals surface area contributed by atoms with Crippen LogP contribution in [-0.4, -0.2) is 51.3 Å². The van der Waals surface area contributed by atoms with Gasteiger partial charge >= 0.3 is 11.9 Å². The van der Waals surface area contributed by atoms with Gasteiger partial charge in [-0.05, 0) is 25.7 Å². The van der Waals surface area contributed by atoms with Crippen molar-refractivity contribution >= 4 is 17.8 Å². The molecule has 0 heterocycles. The van der Waals surface area contributed by atoms with Gasteiger partial charge in [-0.2, -0.15) is 0 Å². The van der Waals surface area contributed by atoms with E-state index in [0.29, 0.717) is 19.4 Å². The van der Waals surface area contributed by atoms with Gasteiger partial charge in [-0.25, -0.2) is 0 Å². The third kappa shape index (κ3) is 8.59. The van der Waals surface area contributed by atoms with Gasteiger partial charge in [-0.1, -0.05) is 45.4 Å². The summed E-state index contributed by atoms with van der Waals surface area (Å²) in [5, 5.41) is 2.86. The normalized spacial score (nSPS) is 21.8. The van der Waals surface area contributed by atoms with Gasteiger partial charge in [0.1, 0.15) is 6.61 Å². The number of unbranched alkanes of at least 4 members (excludes halogenated alkanes) is 6. The van der Waals surface area contributed by atoms with E-state index in [0.717, 1.165) is 19.3 Å². The zero-order chi connectivity index (χ0) is 20.8. The zero-order valence-corrected chi connectivity index (χ0v) is 17.7. The summed E-state index contributed by atoms with van der Waals surface area (Å²) < 4.78 is 15.4. The fraction of sp³-hybridized carbons (Fsp3) is 0.857. The third-order valence-corrected chi connectivity index (χ3v) is 5.35. The van der Waals surface area contributed by atoms with E-state index in [1.165, 1.54) is 46.3 Å². The largest absolute Gasteiger partial charge is 0.469 e. The Balaban J connectivity index is 2.35. The van der Waals surface area contributed by atoms with E-state index in [-0.39, 0.29) is 12.5 Å². The number of nitrogens with one attached hydrogen (secondary N) is 1. The predicted octanol–water partition coefficient (Wildman–Crippen LogP) is 3.00. The Morgan fingerprint density at radius 3 is 2.18 bits per heavy atom.